The minimum atomic E-state index is -4.77. The molecule has 3 N–H and O–H groups in total. The molecule has 3 rings (SSSR count). The fraction of sp³-hybridized carbons (Fsp3) is 0.143. The van der Waals surface area contributed by atoms with Gasteiger partial charge in [-0.3, -0.25) is 4.79 Å². The molecule has 0 radical (unpaired) electrons. The number of nitrogens with two attached hydrogens (primary N) is 1. The second-order valence-corrected chi connectivity index (χ2v) is 6.34. The number of halogens is 3. The summed E-state index contributed by atoms with van der Waals surface area (Å²) in [6.07, 6.45) is -4.77. The van der Waals surface area contributed by atoms with E-state index >= 15 is 0 Å². The van der Waals surface area contributed by atoms with Gasteiger partial charge in [0.05, 0.1) is 5.56 Å². The zero-order valence-corrected chi connectivity index (χ0v) is 15.9. The molecule has 0 saturated carbocycles. The molecule has 6 nitrogen and oxygen atoms in total. The molecule has 0 spiro atoms. The van der Waals surface area contributed by atoms with Gasteiger partial charge in [0.2, 0.25) is 0 Å². The van der Waals surface area contributed by atoms with E-state index in [1.54, 1.807) is 43.3 Å². The third kappa shape index (κ3) is 5.87. The van der Waals surface area contributed by atoms with Gasteiger partial charge in [0.15, 0.2) is 0 Å². The van der Waals surface area contributed by atoms with Gasteiger partial charge in [0.25, 0.3) is 5.91 Å². The molecule has 0 aliphatic carbocycles. The number of carbonyl (C=O) groups is 1. The smallest absolute Gasteiger partial charge is 0.457 e. The van der Waals surface area contributed by atoms with Gasteiger partial charge in [-0.2, -0.15) is 0 Å². The quantitative estimate of drug-likeness (QED) is 0.613. The number of nitrogens with one attached hydrogen (secondary N) is 1. The molecule has 9 heteroatoms. The summed E-state index contributed by atoms with van der Waals surface area (Å²) < 4.78 is 46.4. The second kappa shape index (κ2) is 8.73. The highest BCUT2D eigenvalue weighted by atomic mass is 19.4. The molecule has 0 fully saturated rings. The molecular weight excluding hydrogens is 399 g/mol. The number of carbonyl (C=O) groups excluding carboxylic acids is 1. The van der Waals surface area contributed by atoms with Crippen molar-refractivity contribution in [3.63, 3.8) is 0 Å². The maximum absolute atomic E-state index is 12.3. The number of hydrogen-bond donors (Lipinski definition) is 2. The van der Waals surface area contributed by atoms with Crippen LogP contribution in [-0.4, -0.2) is 17.3 Å². The van der Waals surface area contributed by atoms with E-state index in [1.165, 1.54) is 18.2 Å². The third-order valence-corrected chi connectivity index (χ3v) is 3.96. The van der Waals surface area contributed by atoms with Gasteiger partial charge >= 0.3 is 6.36 Å². The highest BCUT2D eigenvalue weighted by molar-refractivity contribution is 5.98. The first-order valence-electron chi connectivity index (χ1n) is 8.83. The first-order chi connectivity index (χ1) is 14.2. The van der Waals surface area contributed by atoms with Gasteiger partial charge in [0.1, 0.15) is 23.1 Å². The summed E-state index contributed by atoms with van der Waals surface area (Å²) in [4.78, 5) is 16.3. The van der Waals surface area contributed by atoms with E-state index in [9.17, 15) is 18.0 Å². The molecule has 1 heterocycles. The normalized spacial score (nSPS) is 11.1. The Morgan fingerprint density at radius 2 is 1.73 bits per heavy atom. The van der Waals surface area contributed by atoms with Crippen molar-refractivity contribution in [2.45, 2.75) is 19.8 Å². The van der Waals surface area contributed by atoms with Crippen molar-refractivity contribution in [3.8, 4) is 17.2 Å². The Bertz CT molecular complexity index is 1040. The summed E-state index contributed by atoms with van der Waals surface area (Å²) in [5, 5.41) is 2.75. The Morgan fingerprint density at radius 1 is 1.03 bits per heavy atom. The number of ether oxygens (including phenoxy) is 2. The first kappa shape index (κ1) is 21.0. The fourth-order valence-electron chi connectivity index (χ4n) is 2.59. The third-order valence-electron chi connectivity index (χ3n) is 3.96. The standard InChI is InChI=1S/C21H18F3N3O3/c1-13-5-10-18(19(25)27-13)20(28)26-12-14-6-8-15(9-7-14)29-16-3-2-4-17(11-16)30-21(22,23)24/h2-11H,12H2,1H3,(H2,25,27)(H,26,28). The van der Waals surface area contributed by atoms with Gasteiger partial charge in [-0.1, -0.05) is 18.2 Å². The summed E-state index contributed by atoms with van der Waals surface area (Å²) in [6, 6.07) is 15.3. The van der Waals surface area contributed by atoms with Crippen LogP contribution in [0.1, 0.15) is 21.6 Å². The highest BCUT2D eigenvalue weighted by Crippen LogP contribution is 2.29. The lowest BCUT2D eigenvalue weighted by molar-refractivity contribution is -0.274. The monoisotopic (exact) mass is 417 g/mol. The number of benzene rings is 2. The molecule has 2 aromatic carbocycles. The predicted molar refractivity (Wildman–Crippen MR) is 104 cm³/mol. The van der Waals surface area contributed by atoms with Crippen LogP contribution in [0.15, 0.2) is 60.7 Å². The summed E-state index contributed by atoms with van der Waals surface area (Å²) >= 11 is 0. The summed E-state index contributed by atoms with van der Waals surface area (Å²) in [7, 11) is 0. The van der Waals surface area contributed by atoms with E-state index < -0.39 is 6.36 Å². The summed E-state index contributed by atoms with van der Waals surface area (Å²) in [6.45, 7) is 2.03. The van der Waals surface area contributed by atoms with Crippen LogP contribution in [0, 0.1) is 6.92 Å². The number of nitrogen functional groups attached to an aromatic ring is 1. The van der Waals surface area contributed by atoms with Crippen molar-refractivity contribution in [2.75, 3.05) is 5.73 Å². The van der Waals surface area contributed by atoms with Crippen molar-refractivity contribution < 1.29 is 27.4 Å². The Labute approximate surface area is 170 Å². The second-order valence-electron chi connectivity index (χ2n) is 6.34. The number of rotatable bonds is 6. The number of amides is 1. The number of pyridine rings is 1. The van der Waals surface area contributed by atoms with Crippen molar-refractivity contribution in [3.05, 3.63) is 77.5 Å². The van der Waals surface area contributed by atoms with Gasteiger partial charge in [-0.25, -0.2) is 4.98 Å². The minimum absolute atomic E-state index is 0.160. The highest BCUT2D eigenvalue weighted by Gasteiger charge is 2.31. The van der Waals surface area contributed by atoms with Crippen molar-refractivity contribution >= 4 is 11.7 Å². The van der Waals surface area contributed by atoms with Crippen molar-refractivity contribution in [1.29, 1.82) is 0 Å². The van der Waals surface area contributed by atoms with Crippen LogP contribution in [0.2, 0.25) is 0 Å². The Morgan fingerprint density at radius 3 is 2.40 bits per heavy atom. The summed E-state index contributed by atoms with van der Waals surface area (Å²) in [5.74, 6) is 0.0559. The molecule has 0 unspecified atom stereocenters. The lowest BCUT2D eigenvalue weighted by atomic mass is 10.2. The molecule has 30 heavy (non-hydrogen) atoms. The molecule has 0 atom stereocenters. The zero-order chi connectivity index (χ0) is 21.7. The number of nitrogens with zero attached hydrogens (tertiary/aromatic N) is 1. The van der Waals surface area contributed by atoms with E-state index in [4.69, 9.17) is 10.5 Å². The van der Waals surface area contributed by atoms with Crippen LogP contribution < -0.4 is 20.5 Å². The first-order valence-corrected chi connectivity index (χ1v) is 8.83. The SMILES string of the molecule is Cc1ccc(C(=O)NCc2ccc(Oc3cccc(OC(F)(F)F)c3)cc2)c(N)n1. The van der Waals surface area contributed by atoms with Gasteiger partial charge in [-0.05, 0) is 48.9 Å². The Hall–Kier alpha value is -3.75. The molecule has 0 aliphatic rings. The van der Waals surface area contributed by atoms with Crippen LogP contribution in [0.3, 0.4) is 0 Å². The molecule has 0 saturated heterocycles. The topological polar surface area (TPSA) is 86.5 Å². The largest absolute Gasteiger partial charge is 0.573 e. The molecule has 1 aromatic heterocycles. The zero-order valence-electron chi connectivity index (χ0n) is 15.9. The lowest BCUT2D eigenvalue weighted by Gasteiger charge is -2.11. The molecule has 156 valence electrons. The maximum atomic E-state index is 12.3. The van der Waals surface area contributed by atoms with Crippen LogP contribution in [0.25, 0.3) is 0 Å². The predicted octanol–water partition coefficient (Wildman–Crippen LogP) is 4.59. The maximum Gasteiger partial charge on any atom is 0.573 e. The average molecular weight is 417 g/mol. The van der Waals surface area contributed by atoms with Crippen LogP contribution in [0.4, 0.5) is 19.0 Å². The number of alkyl halides is 3. The molecular formula is C21H18F3N3O3. The molecule has 1 amide bonds. The van der Waals surface area contributed by atoms with E-state index in [2.05, 4.69) is 15.0 Å². The molecule has 3 aromatic rings. The number of aromatic nitrogens is 1. The van der Waals surface area contributed by atoms with Crippen molar-refractivity contribution in [1.82, 2.24) is 10.3 Å². The number of aryl methyl sites for hydroxylation is 1. The Balaban J connectivity index is 1.59. The fourth-order valence-corrected chi connectivity index (χ4v) is 2.59. The molecule has 0 aliphatic heterocycles. The van der Waals surface area contributed by atoms with Crippen molar-refractivity contribution in [2.24, 2.45) is 0 Å². The van der Waals surface area contributed by atoms with Gasteiger partial charge in [-0.15, -0.1) is 13.2 Å². The van der Waals surface area contributed by atoms with E-state index in [1.807, 2.05) is 0 Å². The Kier molecular flexibility index (Phi) is 6.10. The number of anilines is 1. The van der Waals surface area contributed by atoms with Crippen LogP contribution in [-0.2, 0) is 6.54 Å². The minimum Gasteiger partial charge on any atom is -0.457 e. The van der Waals surface area contributed by atoms with Crippen LogP contribution in [0.5, 0.6) is 17.2 Å². The average Bonchev–Trinajstić information content (AvgIpc) is 2.66. The molecule has 0 bridgehead atoms. The number of hydrogen-bond acceptors (Lipinski definition) is 5. The van der Waals surface area contributed by atoms with E-state index in [0.717, 1.165) is 17.3 Å². The van der Waals surface area contributed by atoms with Gasteiger partial charge in [0, 0.05) is 18.3 Å². The van der Waals surface area contributed by atoms with E-state index in [-0.39, 0.29) is 29.8 Å². The van der Waals surface area contributed by atoms with E-state index in [0.29, 0.717) is 11.3 Å². The van der Waals surface area contributed by atoms with Gasteiger partial charge < -0.3 is 20.5 Å². The van der Waals surface area contributed by atoms with Crippen LogP contribution >= 0.6 is 0 Å². The summed E-state index contributed by atoms with van der Waals surface area (Å²) in [5.41, 5.74) is 7.57. The lowest BCUT2D eigenvalue weighted by Crippen LogP contribution is -2.24.